The lowest BCUT2D eigenvalue weighted by atomic mass is 10.0. The van der Waals surface area contributed by atoms with E-state index in [-0.39, 0.29) is 30.8 Å². The zero-order valence-corrected chi connectivity index (χ0v) is 20.7. The highest BCUT2D eigenvalue weighted by Gasteiger charge is 2.26. The normalized spacial score (nSPS) is 11.8. The van der Waals surface area contributed by atoms with Gasteiger partial charge in [-0.1, -0.05) is 45.4 Å². The Morgan fingerprint density at radius 1 is 1.12 bits per heavy atom. The molecule has 0 aromatic heterocycles. The number of nitrogens with one attached hydrogen (secondary N) is 1. The predicted octanol–water partition coefficient (Wildman–Crippen LogP) is 5.42. The van der Waals surface area contributed by atoms with Gasteiger partial charge in [0.05, 0.1) is 4.47 Å². The fourth-order valence-corrected chi connectivity index (χ4v) is 3.63. The standard InChI is InChI=1S/C25H32BrFN2O3/c1-5-6-13-28-25(31)18(4)29(15-19-7-10-21(27)11-8-19)24(30)16-32-23-12-9-20(17(2)3)14-22(23)26/h7-12,14,17-18H,5-6,13,15-16H2,1-4H3,(H,28,31)/t18-/m1/s1. The van der Waals surface area contributed by atoms with Crippen LogP contribution in [-0.4, -0.2) is 35.9 Å². The van der Waals surface area contributed by atoms with Crippen molar-refractivity contribution >= 4 is 27.7 Å². The second-order valence-corrected chi connectivity index (χ2v) is 8.96. The van der Waals surface area contributed by atoms with E-state index in [4.69, 9.17) is 4.74 Å². The van der Waals surface area contributed by atoms with Crippen molar-refractivity contribution in [3.8, 4) is 5.75 Å². The lowest BCUT2D eigenvalue weighted by Gasteiger charge is -2.29. The highest BCUT2D eigenvalue weighted by molar-refractivity contribution is 9.10. The minimum absolute atomic E-state index is 0.179. The summed E-state index contributed by atoms with van der Waals surface area (Å²) in [6, 6.07) is 11.0. The number of benzene rings is 2. The number of amides is 2. The molecule has 0 heterocycles. The number of hydrogen-bond acceptors (Lipinski definition) is 3. The molecule has 0 aliphatic rings. The molecule has 2 amide bonds. The Labute approximate surface area is 198 Å². The maximum Gasteiger partial charge on any atom is 0.261 e. The maximum atomic E-state index is 13.3. The van der Waals surface area contributed by atoms with E-state index >= 15 is 0 Å². The summed E-state index contributed by atoms with van der Waals surface area (Å²) in [5, 5.41) is 2.87. The summed E-state index contributed by atoms with van der Waals surface area (Å²) < 4.78 is 19.8. The molecule has 2 aromatic carbocycles. The molecule has 5 nitrogen and oxygen atoms in total. The Hall–Kier alpha value is -2.41. The zero-order valence-electron chi connectivity index (χ0n) is 19.2. The Bertz CT molecular complexity index is 903. The molecule has 174 valence electrons. The first-order valence-electron chi connectivity index (χ1n) is 11.0. The van der Waals surface area contributed by atoms with Gasteiger partial charge < -0.3 is 15.0 Å². The molecular weight excluding hydrogens is 475 g/mol. The largest absolute Gasteiger partial charge is 0.483 e. The predicted molar refractivity (Wildman–Crippen MR) is 128 cm³/mol. The zero-order chi connectivity index (χ0) is 23.7. The smallest absolute Gasteiger partial charge is 0.261 e. The van der Waals surface area contributed by atoms with E-state index in [1.54, 1.807) is 19.1 Å². The van der Waals surface area contributed by atoms with E-state index in [1.807, 2.05) is 25.1 Å². The molecule has 0 aliphatic heterocycles. The molecule has 7 heteroatoms. The lowest BCUT2D eigenvalue weighted by Crippen LogP contribution is -2.49. The maximum absolute atomic E-state index is 13.3. The molecule has 1 N–H and O–H groups in total. The van der Waals surface area contributed by atoms with Gasteiger partial charge in [-0.25, -0.2) is 4.39 Å². The minimum atomic E-state index is -0.695. The van der Waals surface area contributed by atoms with Gasteiger partial charge in [0.25, 0.3) is 5.91 Å². The van der Waals surface area contributed by atoms with Gasteiger partial charge in [-0.15, -0.1) is 0 Å². The summed E-state index contributed by atoms with van der Waals surface area (Å²) in [7, 11) is 0. The van der Waals surface area contributed by atoms with Crippen molar-refractivity contribution in [1.82, 2.24) is 10.2 Å². The summed E-state index contributed by atoms with van der Waals surface area (Å²) >= 11 is 3.50. The van der Waals surface area contributed by atoms with E-state index in [0.29, 0.717) is 18.2 Å². The van der Waals surface area contributed by atoms with Gasteiger partial charge in [0.2, 0.25) is 5.91 Å². The van der Waals surface area contributed by atoms with Crippen LogP contribution in [0.2, 0.25) is 0 Å². The number of halogens is 2. The molecule has 2 rings (SSSR count). The summed E-state index contributed by atoms with van der Waals surface area (Å²) in [5.41, 5.74) is 1.89. The Kier molecular flexibility index (Phi) is 10.2. The van der Waals surface area contributed by atoms with E-state index < -0.39 is 6.04 Å². The van der Waals surface area contributed by atoms with Crippen molar-refractivity contribution in [1.29, 1.82) is 0 Å². The van der Waals surface area contributed by atoms with Gasteiger partial charge in [0, 0.05) is 13.1 Å². The van der Waals surface area contributed by atoms with E-state index in [1.165, 1.54) is 17.0 Å². The Balaban J connectivity index is 2.13. The Morgan fingerprint density at radius 3 is 2.41 bits per heavy atom. The van der Waals surface area contributed by atoms with Crippen LogP contribution >= 0.6 is 15.9 Å². The molecule has 0 radical (unpaired) electrons. The first kappa shape index (κ1) is 25.8. The molecule has 0 fully saturated rings. The van der Waals surface area contributed by atoms with E-state index in [9.17, 15) is 14.0 Å². The van der Waals surface area contributed by atoms with Crippen LogP contribution in [0.3, 0.4) is 0 Å². The summed E-state index contributed by atoms with van der Waals surface area (Å²) in [6.45, 7) is 8.47. The van der Waals surface area contributed by atoms with E-state index in [2.05, 4.69) is 35.1 Å². The van der Waals surface area contributed by atoms with Crippen LogP contribution in [0.15, 0.2) is 46.9 Å². The number of rotatable bonds is 11. The number of carbonyl (C=O) groups is 2. The highest BCUT2D eigenvalue weighted by Crippen LogP contribution is 2.29. The van der Waals surface area contributed by atoms with Gasteiger partial charge in [0.15, 0.2) is 6.61 Å². The van der Waals surface area contributed by atoms with Crippen molar-refractivity contribution in [2.45, 2.75) is 59.0 Å². The average Bonchev–Trinajstić information content (AvgIpc) is 2.77. The number of ether oxygens (including phenoxy) is 1. The second-order valence-electron chi connectivity index (χ2n) is 8.10. The van der Waals surface area contributed by atoms with Gasteiger partial charge >= 0.3 is 0 Å². The monoisotopic (exact) mass is 506 g/mol. The summed E-state index contributed by atoms with van der Waals surface area (Å²) in [4.78, 5) is 27.2. The van der Waals surface area contributed by atoms with Crippen molar-refractivity contribution in [3.05, 3.63) is 63.9 Å². The van der Waals surface area contributed by atoms with Crippen LogP contribution in [0.4, 0.5) is 4.39 Å². The van der Waals surface area contributed by atoms with Gasteiger partial charge in [-0.05, 0) is 70.6 Å². The third kappa shape index (κ3) is 7.62. The SMILES string of the molecule is CCCCNC(=O)[C@@H](C)N(Cc1ccc(F)cc1)C(=O)COc1ccc(C(C)C)cc1Br. The second kappa shape index (κ2) is 12.6. The fourth-order valence-electron chi connectivity index (χ4n) is 3.12. The number of nitrogens with zero attached hydrogens (tertiary/aromatic N) is 1. The minimum Gasteiger partial charge on any atom is -0.483 e. The summed E-state index contributed by atoms with van der Waals surface area (Å²) in [5.74, 6) is 0.0310. The van der Waals surface area contributed by atoms with Crippen LogP contribution in [-0.2, 0) is 16.1 Å². The van der Waals surface area contributed by atoms with Crippen LogP contribution in [0.1, 0.15) is 57.6 Å². The van der Waals surface area contributed by atoms with Crippen molar-refractivity contribution < 1.29 is 18.7 Å². The first-order chi connectivity index (χ1) is 15.2. The molecule has 0 bridgehead atoms. The average molecular weight is 507 g/mol. The molecule has 2 aromatic rings. The lowest BCUT2D eigenvalue weighted by molar-refractivity contribution is -0.142. The van der Waals surface area contributed by atoms with Crippen molar-refractivity contribution in [2.75, 3.05) is 13.2 Å². The van der Waals surface area contributed by atoms with Crippen LogP contribution in [0, 0.1) is 5.82 Å². The molecule has 0 saturated carbocycles. The number of unbranched alkanes of at least 4 members (excludes halogenated alkanes) is 1. The number of carbonyl (C=O) groups excluding carboxylic acids is 2. The molecule has 0 saturated heterocycles. The number of hydrogen-bond donors (Lipinski definition) is 1. The molecule has 0 spiro atoms. The molecule has 0 aliphatic carbocycles. The van der Waals surface area contributed by atoms with Crippen LogP contribution in [0.5, 0.6) is 5.75 Å². The molecule has 1 atom stereocenters. The quantitative estimate of drug-likeness (QED) is 0.413. The van der Waals surface area contributed by atoms with Gasteiger partial charge in [-0.3, -0.25) is 9.59 Å². The van der Waals surface area contributed by atoms with Crippen LogP contribution in [0.25, 0.3) is 0 Å². The first-order valence-corrected chi connectivity index (χ1v) is 11.8. The highest BCUT2D eigenvalue weighted by atomic mass is 79.9. The summed E-state index contributed by atoms with van der Waals surface area (Å²) in [6.07, 6.45) is 1.83. The third-order valence-electron chi connectivity index (χ3n) is 5.24. The van der Waals surface area contributed by atoms with Gasteiger partial charge in [-0.2, -0.15) is 0 Å². The van der Waals surface area contributed by atoms with Gasteiger partial charge in [0.1, 0.15) is 17.6 Å². The Morgan fingerprint density at radius 2 is 1.81 bits per heavy atom. The van der Waals surface area contributed by atoms with Crippen LogP contribution < -0.4 is 10.1 Å². The molecular formula is C25H32BrFN2O3. The third-order valence-corrected chi connectivity index (χ3v) is 5.86. The molecule has 32 heavy (non-hydrogen) atoms. The molecule has 0 unspecified atom stereocenters. The van der Waals surface area contributed by atoms with E-state index in [0.717, 1.165) is 28.4 Å². The fraction of sp³-hybridized carbons (Fsp3) is 0.440. The topological polar surface area (TPSA) is 58.6 Å². The van der Waals surface area contributed by atoms with Crippen molar-refractivity contribution in [2.24, 2.45) is 0 Å². The van der Waals surface area contributed by atoms with Crippen molar-refractivity contribution in [3.63, 3.8) is 0 Å².